The molecule has 0 saturated carbocycles. The fraction of sp³-hybridized carbons (Fsp3) is 0.643. The third-order valence-corrected chi connectivity index (χ3v) is 2.95. The molecule has 0 radical (unpaired) electrons. The Hall–Kier alpha value is -1.69. The summed E-state index contributed by atoms with van der Waals surface area (Å²) in [6, 6.07) is 0. The minimum absolute atomic E-state index is 0.0294. The van der Waals surface area contributed by atoms with Gasteiger partial charge in [-0.15, -0.1) is 0 Å². The average molecular weight is 286 g/mol. The van der Waals surface area contributed by atoms with Crippen LogP contribution in [0.25, 0.3) is 0 Å². The molecule has 116 valence electrons. The number of nitrogens with one attached hydrogen (secondary N) is 1. The van der Waals surface area contributed by atoms with E-state index in [2.05, 4.69) is 11.9 Å². The Morgan fingerprint density at radius 3 is 2.15 bits per heavy atom. The third kappa shape index (κ3) is 8.42. The molecule has 6 nitrogen and oxygen atoms in total. The Morgan fingerprint density at radius 2 is 1.80 bits per heavy atom. The number of aliphatic hydroxyl groups is 1. The molecule has 0 rings (SSSR count). The molecule has 1 unspecified atom stereocenters. The molecule has 0 fully saturated rings. The monoisotopic (exact) mass is 286 g/mol. The molecule has 0 aromatic carbocycles. The van der Waals surface area contributed by atoms with E-state index in [1.165, 1.54) is 11.8 Å². The quantitative estimate of drug-likeness (QED) is 0.655. The van der Waals surface area contributed by atoms with E-state index >= 15 is 0 Å². The zero-order valence-electron chi connectivity index (χ0n) is 12.8. The van der Waals surface area contributed by atoms with E-state index in [1.807, 2.05) is 20.6 Å². The molecule has 6 heteroatoms. The highest BCUT2D eigenvalue weighted by atomic mass is 16.3. The summed E-state index contributed by atoms with van der Waals surface area (Å²) in [5, 5.41) is 12.0. The first-order valence-electron chi connectivity index (χ1n) is 6.36. The summed E-state index contributed by atoms with van der Waals surface area (Å²) in [6.07, 6.45) is 0. The van der Waals surface area contributed by atoms with Gasteiger partial charge in [0.2, 0.25) is 11.8 Å². The van der Waals surface area contributed by atoms with E-state index in [4.69, 9.17) is 4.79 Å². The lowest BCUT2D eigenvalue weighted by molar-refractivity contribution is -0.133. The maximum atomic E-state index is 11.6. The standard InChI is InChI=1S/C13H24N2O3.CH2O/c1-9(2)10(3)12(8-16)6-14-13(18)7-15(5)11(4)17;1-2/h9,12,16H,3,6-8H2,1-2,4-5H3,(H,14,18);1H2. The molecule has 2 N–H and O–H groups in total. The van der Waals surface area contributed by atoms with Crippen LogP contribution in [0.2, 0.25) is 0 Å². The number of amides is 2. The number of hydrogen-bond acceptors (Lipinski definition) is 4. The number of carbonyl (C=O) groups is 3. The minimum Gasteiger partial charge on any atom is -0.396 e. The molecule has 0 aliphatic carbocycles. The van der Waals surface area contributed by atoms with E-state index < -0.39 is 0 Å². The molecule has 0 aromatic heterocycles. The van der Waals surface area contributed by atoms with Gasteiger partial charge < -0.3 is 20.1 Å². The van der Waals surface area contributed by atoms with Gasteiger partial charge in [0.15, 0.2) is 0 Å². The lowest BCUT2D eigenvalue weighted by Gasteiger charge is -2.21. The summed E-state index contributed by atoms with van der Waals surface area (Å²) in [5.41, 5.74) is 0.915. The zero-order chi connectivity index (χ0) is 16.3. The van der Waals surface area contributed by atoms with E-state index in [0.717, 1.165) is 5.57 Å². The van der Waals surface area contributed by atoms with E-state index in [1.54, 1.807) is 7.05 Å². The van der Waals surface area contributed by atoms with Gasteiger partial charge in [-0.1, -0.05) is 26.0 Å². The maximum Gasteiger partial charge on any atom is 0.239 e. The van der Waals surface area contributed by atoms with Crippen molar-refractivity contribution in [3.63, 3.8) is 0 Å². The molecule has 0 aliphatic heterocycles. The highest BCUT2D eigenvalue weighted by Gasteiger charge is 2.16. The first kappa shape index (κ1) is 20.6. The smallest absolute Gasteiger partial charge is 0.239 e. The van der Waals surface area contributed by atoms with Gasteiger partial charge in [-0.05, 0) is 5.92 Å². The Morgan fingerprint density at radius 1 is 1.30 bits per heavy atom. The van der Waals surface area contributed by atoms with Crippen LogP contribution >= 0.6 is 0 Å². The largest absolute Gasteiger partial charge is 0.396 e. The first-order valence-corrected chi connectivity index (χ1v) is 6.36. The van der Waals surface area contributed by atoms with Crippen LogP contribution in [0.15, 0.2) is 12.2 Å². The molecule has 0 heterocycles. The molecular formula is C14H26N2O4. The Kier molecular flexibility index (Phi) is 11.5. The Labute approximate surface area is 120 Å². The van der Waals surface area contributed by atoms with Gasteiger partial charge in [-0.3, -0.25) is 9.59 Å². The zero-order valence-corrected chi connectivity index (χ0v) is 12.8. The van der Waals surface area contributed by atoms with Crippen molar-refractivity contribution >= 4 is 18.6 Å². The average Bonchev–Trinajstić information content (AvgIpc) is 2.41. The molecule has 0 saturated heterocycles. The summed E-state index contributed by atoms with van der Waals surface area (Å²) in [7, 11) is 1.57. The van der Waals surface area contributed by atoms with Gasteiger partial charge in [0.25, 0.3) is 0 Å². The molecule has 0 aliphatic rings. The van der Waals surface area contributed by atoms with Gasteiger partial charge in [0.1, 0.15) is 6.79 Å². The van der Waals surface area contributed by atoms with E-state index in [0.29, 0.717) is 6.54 Å². The predicted molar refractivity (Wildman–Crippen MR) is 78.0 cm³/mol. The highest BCUT2D eigenvalue weighted by molar-refractivity contribution is 5.83. The molecular weight excluding hydrogens is 260 g/mol. The van der Waals surface area contributed by atoms with Crippen LogP contribution in [-0.4, -0.2) is 55.4 Å². The van der Waals surface area contributed by atoms with Gasteiger partial charge >= 0.3 is 0 Å². The fourth-order valence-electron chi connectivity index (χ4n) is 1.40. The molecule has 1 atom stereocenters. The molecule has 0 spiro atoms. The minimum atomic E-state index is -0.234. The van der Waals surface area contributed by atoms with Crippen LogP contribution in [0.1, 0.15) is 20.8 Å². The van der Waals surface area contributed by atoms with Crippen LogP contribution in [0, 0.1) is 11.8 Å². The van der Waals surface area contributed by atoms with Gasteiger partial charge in [-0.25, -0.2) is 0 Å². The topological polar surface area (TPSA) is 86.7 Å². The Balaban J connectivity index is 0. The fourth-order valence-corrected chi connectivity index (χ4v) is 1.40. The van der Waals surface area contributed by atoms with Crippen molar-refractivity contribution in [1.29, 1.82) is 0 Å². The van der Waals surface area contributed by atoms with E-state index in [-0.39, 0.29) is 36.8 Å². The normalized spacial score (nSPS) is 11.1. The lowest BCUT2D eigenvalue weighted by Crippen LogP contribution is -2.40. The number of rotatable bonds is 7. The molecule has 0 bridgehead atoms. The van der Waals surface area contributed by atoms with Gasteiger partial charge in [0.05, 0.1) is 13.2 Å². The van der Waals surface area contributed by atoms with Crippen LogP contribution in [0.3, 0.4) is 0 Å². The molecule has 20 heavy (non-hydrogen) atoms. The summed E-state index contributed by atoms with van der Waals surface area (Å²) >= 11 is 0. The van der Waals surface area contributed by atoms with Crippen molar-refractivity contribution in [3.05, 3.63) is 12.2 Å². The highest BCUT2D eigenvalue weighted by Crippen LogP contribution is 2.16. The van der Waals surface area contributed by atoms with Crippen molar-refractivity contribution in [2.75, 3.05) is 26.7 Å². The second-order valence-electron chi connectivity index (χ2n) is 4.79. The maximum absolute atomic E-state index is 11.6. The second-order valence-corrected chi connectivity index (χ2v) is 4.79. The second kappa shape index (κ2) is 11.2. The summed E-state index contributed by atoms with van der Waals surface area (Å²) in [5.74, 6) is -0.270. The SMILES string of the molecule is C=C(C(C)C)C(CO)CNC(=O)CN(C)C(C)=O.C=O. The Bertz CT molecular complexity index is 329. The van der Waals surface area contributed by atoms with Crippen LogP contribution < -0.4 is 5.32 Å². The van der Waals surface area contributed by atoms with Gasteiger partial charge in [-0.2, -0.15) is 0 Å². The summed E-state index contributed by atoms with van der Waals surface area (Å²) < 4.78 is 0. The van der Waals surface area contributed by atoms with Crippen molar-refractivity contribution in [2.45, 2.75) is 20.8 Å². The first-order chi connectivity index (χ1) is 9.29. The lowest BCUT2D eigenvalue weighted by atomic mass is 9.92. The number of nitrogens with zero attached hydrogens (tertiary/aromatic N) is 1. The van der Waals surface area contributed by atoms with E-state index in [9.17, 15) is 14.7 Å². The third-order valence-electron chi connectivity index (χ3n) is 2.95. The van der Waals surface area contributed by atoms with Crippen molar-refractivity contribution in [2.24, 2.45) is 11.8 Å². The van der Waals surface area contributed by atoms with Crippen molar-refractivity contribution in [3.8, 4) is 0 Å². The molecule has 0 aromatic rings. The number of hydrogen-bond donors (Lipinski definition) is 2. The number of carbonyl (C=O) groups excluding carboxylic acids is 3. The predicted octanol–water partition coefficient (Wildman–Crippen LogP) is 0.217. The van der Waals surface area contributed by atoms with Gasteiger partial charge in [0, 0.05) is 26.4 Å². The molecule has 2 amide bonds. The van der Waals surface area contributed by atoms with Crippen LogP contribution in [0.4, 0.5) is 0 Å². The summed E-state index contributed by atoms with van der Waals surface area (Å²) in [6.45, 7) is 11.6. The number of likely N-dealkylation sites (N-methyl/N-ethyl adjacent to an activating group) is 1. The van der Waals surface area contributed by atoms with Crippen LogP contribution in [0.5, 0.6) is 0 Å². The van der Waals surface area contributed by atoms with Crippen molar-refractivity contribution in [1.82, 2.24) is 10.2 Å². The number of aliphatic hydroxyl groups excluding tert-OH is 1. The summed E-state index contributed by atoms with van der Waals surface area (Å²) in [4.78, 5) is 31.9. The van der Waals surface area contributed by atoms with Crippen LogP contribution in [-0.2, 0) is 14.4 Å². The van der Waals surface area contributed by atoms with Crippen molar-refractivity contribution < 1.29 is 19.5 Å².